The van der Waals surface area contributed by atoms with Crippen molar-refractivity contribution in [3.05, 3.63) is 101 Å². The second-order valence-electron chi connectivity index (χ2n) is 8.13. The van der Waals surface area contributed by atoms with Crippen molar-refractivity contribution >= 4 is 24.1 Å². The van der Waals surface area contributed by atoms with E-state index >= 15 is 4.39 Å². The van der Waals surface area contributed by atoms with Gasteiger partial charge < -0.3 is 10.1 Å². The number of carbonyl (C=O) groups is 1. The lowest BCUT2D eigenvalue weighted by atomic mass is 10.0. The monoisotopic (exact) mass is 483 g/mol. The molecule has 0 fully saturated rings. The zero-order chi connectivity index (χ0) is 25.7. The highest BCUT2D eigenvalue weighted by Gasteiger charge is 2.20. The minimum atomic E-state index is -0.504. The lowest BCUT2D eigenvalue weighted by Crippen LogP contribution is -2.23. The van der Waals surface area contributed by atoms with Gasteiger partial charge in [0.15, 0.2) is 0 Å². The summed E-state index contributed by atoms with van der Waals surface area (Å²) in [4.78, 5) is 20.9. The van der Waals surface area contributed by atoms with Crippen LogP contribution >= 0.6 is 0 Å². The van der Waals surface area contributed by atoms with Crippen molar-refractivity contribution in [2.75, 3.05) is 0 Å². The summed E-state index contributed by atoms with van der Waals surface area (Å²) in [6.07, 6.45) is 8.46. The third kappa shape index (κ3) is 5.22. The molecule has 0 unspecified atom stereocenters. The molecule has 7 nitrogen and oxygen atoms in total. The van der Waals surface area contributed by atoms with Gasteiger partial charge in [0.1, 0.15) is 17.3 Å². The van der Waals surface area contributed by atoms with Crippen LogP contribution in [0.2, 0.25) is 0 Å². The van der Waals surface area contributed by atoms with Gasteiger partial charge in [0.05, 0.1) is 17.4 Å². The average molecular weight is 484 g/mol. The number of benzene rings is 2. The van der Waals surface area contributed by atoms with E-state index in [1.807, 2.05) is 12.1 Å². The Morgan fingerprint density at radius 1 is 1.22 bits per heavy atom. The number of hydrogen-bond acceptors (Lipinski definition) is 5. The number of allylic oxidation sites excluding steroid dienone is 1. The summed E-state index contributed by atoms with van der Waals surface area (Å²) >= 11 is 0. The molecular weight excluding hydrogens is 457 g/mol. The van der Waals surface area contributed by atoms with E-state index in [-0.39, 0.29) is 17.2 Å². The Labute approximate surface area is 209 Å². The van der Waals surface area contributed by atoms with Crippen molar-refractivity contribution < 1.29 is 13.9 Å². The Morgan fingerprint density at radius 3 is 2.67 bits per heavy atom. The van der Waals surface area contributed by atoms with Crippen LogP contribution in [0.25, 0.3) is 16.9 Å². The fourth-order valence-corrected chi connectivity index (χ4v) is 3.82. The van der Waals surface area contributed by atoms with E-state index in [2.05, 4.69) is 27.1 Å². The van der Waals surface area contributed by atoms with Gasteiger partial charge in [-0.1, -0.05) is 6.07 Å². The number of carbonyl (C=O) groups excluding carboxylic acids is 1. The first-order valence-corrected chi connectivity index (χ1v) is 11.3. The second-order valence-corrected chi connectivity index (χ2v) is 8.13. The summed E-state index contributed by atoms with van der Waals surface area (Å²) in [6, 6.07) is 12.0. The largest absolute Gasteiger partial charge is 0.457 e. The molecule has 0 saturated heterocycles. The maximum atomic E-state index is 15.4. The van der Waals surface area contributed by atoms with Crippen molar-refractivity contribution in [1.82, 2.24) is 20.1 Å². The van der Waals surface area contributed by atoms with Crippen LogP contribution in [-0.4, -0.2) is 27.4 Å². The minimum Gasteiger partial charge on any atom is -0.457 e. The summed E-state index contributed by atoms with van der Waals surface area (Å²) < 4.78 is 23.2. The Bertz CT molecular complexity index is 1440. The van der Waals surface area contributed by atoms with Gasteiger partial charge in [-0.25, -0.2) is 4.39 Å². The lowest BCUT2D eigenvalue weighted by Gasteiger charge is -2.17. The van der Waals surface area contributed by atoms with E-state index in [0.717, 1.165) is 11.1 Å². The molecule has 1 amide bonds. The van der Waals surface area contributed by atoms with Gasteiger partial charge in [0.25, 0.3) is 5.91 Å². The van der Waals surface area contributed by atoms with E-state index in [0.29, 0.717) is 34.7 Å². The SMILES string of the molecule is C=Nc1cc(-c2cnn(C)c2)cc(F)c1/C(=C\C)Oc1cccc(C(=O)NCc2ccncc2)c1C. The topological polar surface area (TPSA) is 81.4 Å². The molecule has 2 heterocycles. The van der Waals surface area contributed by atoms with Gasteiger partial charge in [-0.05, 0) is 74.2 Å². The molecule has 0 atom stereocenters. The molecule has 2 aromatic heterocycles. The molecule has 0 aliphatic heterocycles. The van der Waals surface area contributed by atoms with Crippen molar-refractivity contribution in [2.24, 2.45) is 12.0 Å². The molecule has 0 aliphatic rings. The molecule has 0 saturated carbocycles. The van der Waals surface area contributed by atoms with Crippen LogP contribution in [-0.2, 0) is 13.6 Å². The maximum absolute atomic E-state index is 15.4. The Balaban J connectivity index is 1.60. The Hall–Kier alpha value is -4.59. The number of rotatable bonds is 8. The first kappa shape index (κ1) is 24.5. The number of halogens is 1. The fraction of sp³-hybridized carbons (Fsp3) is 0.143. The molecule has 36 heavy (non-hydrogen) atoms. The highest BCUT2D eigenvalue weighted by molar-refractivity contribution is 5.96. The average Bonchev–Trinajstić information content (AvgIpc) is 3.33. The first-order valence-electron chi connectivity index (χ1n) is 11.3. The Kier molecular flexibility index (Phi) is 7.34. The van der Waals surface area contributed by atoms with E-state index in [9.17, 15) is 4.79 Å². The van der Waals surface area contributed by atoms with Gasteiger partial charge in [-0.15, -0.1) is 0 Å². The van der Waals surface area contributed by atoms with Gasteiger partial charge in [-0.2, -0.15) is 5.10 Å². The van der Waals surface area contributed by atoms with Crippen LogP contribution in [0.1, 0.15) is 34.0 Å². The predicted octanol–water partition coefficient (Wildman–Crippen LogP) is 5.63. The zero-order valence-corrected chi connectivity index (χ0v) is 20.3. The normalized spacial score (nSPS) is 11.3. The smallest absolute Gasteiger partial charge is 0.251 e. The Morgan fingerprint density at radius 2 is 2.00 bits per heavy atom. The van der Waals surface area contributed by atoms with E-state index in [4.69, 9.17) is 4.74 Å². The van der Waals surface area contributed by atoms with Crippen molar-refractivity contribution in [3.8, 4) is 16.9 Å². The molecular formula is C28H26FN5O2. The highest BCUT2D eigenvalue weighted by Crippen LogP contribution is 2.36. The third-order valence-corrected chi connectivity index (χ3v) is 5.74. The molecule has 4 rings (SSSR count). The van der Waals surface area contributed by atoms with E-state index < -0.39 is 5.82 Å². The van der Waals surface area contributed by atoms with Gasteiger partial charge in [0, 0.05) is 48.9 Å². The molecule has 0 bridgehead atoms. The molecule has 1 N–H and O–H groups in total. The quantitative estimate of drug-likeness (QED) is 0.260. The summed E-state index contributed by atoms with van der Waals surface area (Å²) in [5, 5.41) is 7.05. The predicted molar refractivity (Wildman–Crippen MR) is 139 cm³/mol. The summed E-state index contributed by atoms with van der Waals surface area (Å²) in [6.45, 7) is 7.53. The second kappa shape index (κ2) is 10.8. The lowest BCUT2D eigenvalue weighted by molar-refractivity contribution is 0.0950. The van der Waals surface area contributed by atoms with Crippen molar-refractivity contribution in [3.63, 3.8) is 0 Å². The molecule has 0 spiro atoms. The number of ether oxygens (including phenoxy) is 1. The van der Waals surface area contributed by atoms with E-state index in [1.165, 1.54) is 6.07 Å². The number of amides is 1. The summed E-state index contributed by atoms with van der Waals surface area (Å²) in [5.41, 5.74) is 3.95. The number of aliphatic imine (C=N–C) groups is 1. The van der Waals surface area contributed by atoms with Crippen molar-refractivity contribution in [1.29, 1.82) is 0 Å². The minimum absolute atomic E-state index is 0.187. The van der Waals surface area contributed by atoms with Crippen LogP contribution in [0.3, 0.4) is 0 Å². The van der Waals surface area contributed by atoms with Gasteiger partial charge in [0.2, 0.25) is 0 Å². The standard InChI is InChI=1S/C28H26FN5O2/c1-5-25(27-23(29)13-20(14-24(27)30-3)21-16-33-34(4)17-21)36-26-8-6-7-22(18(26)2)28(35)32-15-19-9-11-31-12-10-19/h5-14,16-17H,3,15H2,1-2,4H3,(H,32,35)/b25-5+. The maximum Gasteiger partial charge on any atom is 0.251 e. The van der Waals surface area contributed by atoms with Crippen LogP contribution < -0.4 is 10.1 Å². The zero-order valence-electron chi connectivity index (χ0n) is 20.3. The molecule has 4 aromatic rings. The highest BCUT2D eigenvalue weighted by atomic mass is 19.1. The van der Waals surface area contributed by atoms with Gasteiger partial charge >= 0.3 is 0 Å². The number of nitrogens with one attached hydrogen (secondary N) is 1. The molecule has 8 heteroatoms. The number of nitrogens with zero attached hydrogens (tertiary/aromatic N) is 4. The third-order valence-electron chi connectivity index (χ3n) is 5.74. The number of aromatic nitrogens is 3. The number of aryl methyl sites for hydroxylation is 1. The molecule has 0 radical (unpaired) electrons. The van der Waals surface area contributed by atoms with Crippen LogP contribution in [0, 0.1) is 12.7 Å². The molecule has 182 valence electrons. The fourth-order valence-electron chi connectivity index (χ4n) is 3.82. The van der Waals surface area contributed by atoms with Crippen LogP contribution in [0.5, 0.6) is 5.75 Å². The van der Waals surface area contributed by atoms with Crippen LogP contribution in [0.15, 0.2) is 78.3 Å². The van der Waals surface area contributed by atoms with Crippen molar-refractivity contribution in [2.45, 2.75) is 20.4 Å². The summed E-state index contributed by atoms with van der Waals surface area (Å²) in [5.74, 6) is -0.0384. The van der Waals surface area contributed by atoms with E-state index in [1.54, 1.807) is 80.7 Å². The van der Waals surface area contributed by atoms with Gasteiger partial charge in [-0.3, -0.25) is 19.5 Å². The number of hydrogen-bond donors (Lipinski definition) is 1. The number of pyridine rings is 1. The van der Waals surface area contributed by atoms with Crippen LogP contribution in [0.4, 0.5) is 10.1 Å². The molecule has 0 aliphatic carbocycles. The summed E-state index contributed by atoms with van der Waals surface area (Å²) in [7, 11) is 1.79. The molecule has 2 aromatic carbocycles. The first-order chi connectivity index (χ1) is 17.4.